The average molecular weight is 294 g/mol. The quantitative estimate of drug-likeness (QED) is 0.749. The van der Waals surface area contributed by atoms with E-state index in [1.165, 1.54) is 0 Å². The summed E-state index contributed by atoms with van der Waals surface area (Å²) in [5, 5.41) is 3.06. The maximum absolute atomic E-state index is 11.3. The van der Waals surface area contributed by atoms with E-state index in [0.29, 0.717) is 44.1 Å². The first-order valence-electron chi connectivity index (χ1n) is 7.31. The molecule has 116 valence electrons. The van der Waals surface area contributed by atoms with Crippen LogP contribution in [0.25, 0.3) is 0 Å². The van der Waals surface area contributed by atoms with Gasteiger partial charge < -0.3 is 20.7 Å². The molecule has 0 aliphatic carbocycles. The van der Waals surface area contributed by atoms with E-state index in [4.69, 9.17) is 10.5 Å². The first kappa shape index (κ1) is 15.3. The molecule has 2 rings (SSSR count). The van der Waals surface area contributed by atoms with Crippen molar-refractivity contribution in [2.45, 2.75) is 26.7 Å². The number of hydrogen-bond donors (Lipinski definition) is 2. The van der Waals surface area contributed by atoms with Crippen LogP contribution < -0.4 is 20.7 Å². The summed E-state index contributed by atoms with van der Waals surface area (Å²) in [5.74, 6) is 0.581. The minimum atomic E-state index is -0.277. The van der Waals surface area contributed by atoms with Gasteiger partial charge in [0.2, 0.25) is 17.8 Å². The largest absolute Gasteiger partial charge is 0.463 e. The van der Waals surface area contributed by atoms with Crippen molar-refractivity contribution in [3.63, 3.8) is 0 Å². The van der Waals surface area contributed by atoms with Crippen molar-refractivity contribution in [3.8, 4) is 6.01 Å². The lowest BCUT2D eigenvalue weighted by atomic mass is 10.1. The fourth-order valence-electron chi connectivity index (χ4n) is 2.16. The van der Waals surface area contributed by atoms with Gasteiger partial charge in [-0.25, -0.2) is 0 Å². The standard InChI is InChI=1S/C13H22N6O2/c1-3-7-21-13-17-11(15-4-2)16-12(18-13)19-6-5-9(8-19)10(14)20/h9H,3-8H2,1-2H3,(H2,14,20)(H,15,16,17,18). The number of anilines is 2. The summed E-state index contributed by atoms with van der Waals surface area (Å²) < 4.78 is 5.50. The van der Waals surface area contributed by atoms with E-state index in [1.54, 1.807) is 0 Å². The predicted octanol–water partition coefficient (Wildman–Crippen LogP) is 0.404. The van der Waals surface area contributed by atoms with Crippen LogP contribution in [0.4, 0.5) is 11.9 Å². The Balaban J connectivity index is 2.17. The summed E-state index contributed by atoms with van der Waals surface area (Å²) in [7, 11) is 0. The van der Waals surface area contributed by atoms with Crippen LogP contribution in [0.1, 0.15) is 26.7 Å². The zero-order valence-corrected chi connectivity index (χ0v) is 12.5. The number of aromatic nitrogens is 3. The summed E-state index contributed by atoms with van der Waals surface area (Å²) in [5.41, 5.74) is 5.36. The summed E-state index contributed by atoms with van der Waals surface area (Å²) >= 11 is 0. The molecule has 1 aromatic heterocycles. The van der Waals surface area contributed by atoms with Crippen molar-refractivity contribution < 1.29 is 9.53 Å². The number of ether oxygens (including phenoxy) is 1. The van der Waals surface area contributed by atoms with Gasteiger partial charge in [-0.1, -0.05) is 6.92 Å². The number of nitrogens with zero attached hydrogens (tertiary/aromatic N) is 4. The number of nitrogens with one attached hydrogen (secondary N) is 1. The topological polar surface area (TPSA) is 106 Å². The second-order valence-electron chi connectivity index (χ2n) is 4.95. The van der Waals surface area contributed by atoms with Gasteiger partial charge in [0.15, 0.2) is 0 Å². The minimum Gasteiger partial charge on any atom is -0.463 e. The van der Waals surface area contributed by atoms with Crippen LogP contribution in [0.5, 0.6) is 6.01 Å². The third kappa shape index (κ3) is 3.93. The van der Waals surface area contributed by atoms with E-state index in [2.05, 4.69) is 20.3 Å². The molecular formula is C13H22N6O2. The molecule has 1 aliphatic rings. The first-order valence-corrected chi connectivity index (χ1v) is 7.31. The molecule has 0 spiro atoms. The van der Waals surface area contributed by atoms with Gasteiger partial charge in [0.05, 0.1) is 12.5 Å². The molecule has 1 atom stereocenters. The summed E-state index contributed by atoms with van der Waals surface area (Å²) in [4.78, 5) is 26.1. The number of amides is 1. The number of carbonyl (C=O) groups excluding carboxylic acids is 1. The van der Waals surface area contributed by atoms with E-state index in [0.717, 1.165) is 12.8 Å². The van der Waals surface area contributed by atoms with Gasteiger partial charge in [0, 0.05) is 19.6 Å². The second-order valence-corrected chi connectivity index (χ2v) is 4.95. The normalized spacial score (nSPS) is 17.8. The molecule has 1 fully saturated rings. The molecule has 2 heterocycles. The number of primary amides is 1. The number of carbonyl (C=O) groups is 1. The summed E-state index contributed by atoms with van der Waals surface area (Å²) in [6.45, 7) is 6.49. The van der Waals surface area contributed by atoms with Crippen LogP contribution in [0.3, 0.4) is 0 Å². The lowest BCUT2D eigenvalue weighted by molar-refractivity contribution is -0.121. The zero-order valence-electron chi connectivity index (χ0n) is 12.5. The van der Waals surface area contributed by atoms with Crippen molar-refractivity contribution in [3.05, 3.63) is 0 Å². The Morgan fingerprint density at radius 1 is 1.43 bits per heavy atom. The maximum atomic E-state index is 11.3. The molecule has 0 aromatic carbocycles. The molecule has 1 amide bonds. The Labute approximate surface area is 124 Å². The number of nitrogens with two attached hydrogens (primary N) is 1. The lowest BCUT2D eigenvalue weighted by Crippen LogP contribution is -2.28. The summed E-state index contributed by atoms with van der Waals surface area (Å²) in [6, 6.07) is 0.306. The molecule has 8 heteroatoms. The van der Waals surface area contributed by atoms with Crippen LogP contribution in [-0.2, 0) is 4.79 Å². The van der Waals surface area contributed by atoms with Crippen molar-refractivity contribution in [2.75, 3.05) is 36.5 Å². The van der Waals surface area contributed by atoms with Crippen LogP contribution >= 0.6 is 0 Å². The van der Waals surface area contributed by atoms with Crippen molar-refractivity contribution in [1.29, 1.82) is 0 Å². The van der Waals surface area contributed by atoms with Crippen LogP contribution in [0.2, 0.25) is 0 Å². The van der Waals surface area contributed by atoms with Gasteiger partial charge in [0.1, 0.15) is 0 Å². The van der Waals surface area contributed by atoms with Crippen LogP contribution in [0.15, 0.2) is 0 Å². The lowest BCUT2D eigenvalue weighted by Gasteiger charge is -2.17. The Kier molecular flexibility index (Phi) is 5.13. The zero-order chi connectivity index (χ0) is 15.2. The molecule has 1 unspecified atom stereocenters. The molecule has 1 aliphatic heterocycles. The van der Waals surface area contributed by atoms with Crippen molar-refractivity contribution >= 4 is 17.8 Å². The van der Waals surface area contributed by atoms with E-state index >= 15 is 0 Å². The van der Waals surface area contributed by atoms with E-state index < -0.39 is 0 Å². The van der Waals surface area contributed by atoms with Crippen molar-refractivity contribution in [1.82, 2.24) is 15.0 Å². The Bertz CT molecular complexity index is 496. The minimum absolute atomic E-state index is 0.149. The Morgan fingerprint density at radius 3 is 2.86 bits per heavy atom. The monoisotopic (exact) mass is 294 g/mol. The fourth-order valence-corrected chi connectivity index (χ4v) is 2.16. The van der Waals surface area contributed by atoms with E-state index in [-0.39, 0.29) is 11.8 Å². The SMILES string of the molecule is CCCOc1nc(NCC)nc(N2CCC(C(N)=O)C2)n1. The van der Waals surface area contributed by atoms with Crippen molar-refractivity contribution in [2.24, 2.45) is 11.7 Å². The third-order valence-corrected chi connectivity index (χ3v) is 3.25. The molecule has 8 nitrogen and oxygen atoms in total. The van der Waals surface area contributed by atoms with Gasteiger partial charge in [-0.15, -0.1) is 0 Å². The molecule has 0 saturated carbocycles. The molecule has 0 radical (unpaired) electrons. The highest BCUT2D eigenvalue weighted by molar-refractivity contribution is 5.78. The third-order valence-electron chi connectivity index (χ3n) is 3.25. The molecule has 1 aromatic rings. The molecular weight excluding hydrogens is 272 g/mol. The van der Waals surface area contributed by atoms with Gasteiger partial charge >= 0.3 is 6.01 Å². The molecule has 1 saturated heterocycles. The Morgan fingerprint density at radius 2 is 2.24 bits per heavy atom. The van der Waals surface area contributed by atoms with E-state index in [1.807, 2.05) is 18.7 Å². The van der Waals surface area contributed by atoms with Gasteiger partial charge in [-0.05, 0) is 19.8 Å². The highest BCUT2D eigenvalue weighted by Gasteiger charge is 2.28. The highest BCUT2D eigenvalue weighted by Crippen LogP contribution is 2.22. The maximum Gasteiger partial charge on any atom is 0.323 e. The fraction of sp³-hybridized carbons (Fsp3) is 0.692. The number of rotatable bonds is 7. The van der Waals surface area contributed by atoms with Gasteiger partial charge in [0.25, 0.3) is 0 Å². The van der Waals surface area contributed by atoms with E-state index in [9.17, 15) is 4.79 Å². The predicted molar refractivity (Wildman–Crippen MR) is 79.3 cm³/mol. The average Bonchev–Trinajstić information content (AvgIpc) is 2.95. The van der Waals surface area contributed by atoms with Crippen LogP contribution in [-0.4, -0.2) is 47.1 Å². The molecule has 0 bridgehead atoms. The second kappa shape index (κ2) is 7.05. The molecule has 21 heavy (non-hydrogen) atoms. The van der Waals surface area contributed by atoms with Gasteiger partial charge in [-0.3, -0.25) is 4.79 Å². The number of hydrogen-bond acceptors (Lipinski definition) is 7. The van der Waals surface area contributed by atoms with Gasteiger partial charge in [-0.2, -0.15) is 15.0 Å². The highest BCUT2D eigenvalue weighted by atomic mass is 16.5. The Hall–Kier alpha value is -2.12. The summed E-state index contributed by atoms with van der Waals surface area (Å²) in [6.07, 6.45) is 1.60. The smallest absolute Gasteiger partial charge is 0.323 e. The van der Waals surface area contributed by atoms with Crippen LogP contribution in [0, 0.1) is 5.92 Å². The first-order chi connectivity index (χ1) is 10.1. The molecule has 3 N–H and O–H groups in total.